The minimum absolute atomic E-state index is 0.404. The summed E-state index contributed by atoms with van der Waals surface area (Å²) in [5.41, 5.74) is -7.08. The van der Waals surface area contributed by atoms with E-state index >= 15 is 0 Å². The molecule has 2 rings (SSSR count). The summed E-state index contributed by atoms with van der Waals surface area (Å²) in [6.07, 6.45) is -8.64. The first-order valence-corrected chi connectivity index (χ1v) is 8.30. The van der Waals surface area contributed by atoms with E-state index < -0.39 is 64.3 Å². The molecule has 1 aromatic rings. The predicted octanol–water partition coefficient (Wildman–Crippen LogP) is 5.22. The number of ketones is 1. The molecular formula is C18H15F9O3. The van der Waals surface area contributed by atoms with E-state index in [1.165, 1.54) is 6.07 Å². The van der Waals surface area contributed by atoms with Gasteiger partial charge in [-0.25, -0.2) is 0 Å². The van der Waals surface area contributed by atoms with Crippen LogP contribution in [0.15, 0.2) is 24.3 Å². The zero-order chi connectivity index (χ0) is 23.6. The van der Waals surface area contributed by atoms with Crippen LogP contribution in [-0.4, -0.2) is 41.3 Å². The van der Waals surface area contributed by atoms with Gasteiger partial charge in [0, 0.05) is 12.0 Å². The second-order valence-corrected chi connectivity index (χ2v) is 7.79. The van der Waals surface area contributed by atoms with E-state index in [1.54, 1.807) is 0 Å². The number of rotatable bonds is 4. The molecule has 0 saturated carbocycles. The van der Waals surface area contributed by atoms with Crippen LogP contribution in [0.1, 0.15) is 36.7 Å². The van der Waals surface area contributed by atoms with E-state index in [0.717, 1.165) is 39.0 Å². The highest BCUT2D eigenvalue weighted by Crippen LogP contribution is 2.61. The van der Waals surface area contributed by atoms with Crippen LogP contribution in [0, 0.1) is 5.41 Å². The average molecular weight is 450 g/mol. The Kier molecular flexibility index (Phi) is 5.29. The first kappa shape index (κ1) is 24.0. The predicted molar refractivity (Wildman–Crippen MR) is 83.7 cm³/mol. The molecular weight excluding hydrogens is 435 g/mol. The molecule has 1 aliphatic carbocycles. The molecule has 0 aromatic heterocycles. The highest BCUT2D eigenvalue weighted by molar-refractivity contribution is 6.17. The molecule has 3 nitrogen and oxygen atoms in total. The fourth-order valence-corrected chi connectivity index (χ4v) is 3.05. The lowest BCUT2D eigenvalue weighted by atomic mass is 9.73. The lowest BCUT2D eigenvalue weighted by Gasteiger charge is -2.41. The number of esters is 1. The number of Topliss-reactive ketones (excluding diaryl/α,β-unsaturated/α-hetero) is 1. The van der Waals surface area contributed by atoms with Gasteiger partial charge >= 0.3 is 29.9 Å². The first-order chi connectivity index (χ1) is 13.2. The Morgan fingerprint density at radius 3 is 1.83 bits per heavy atom. The molecule has 0 unspecified atom stereocenters. The third-order valence-electron chi connectivity index (χ3n) is 4.53. The Bertz CT molecular complexity index is 868. The highest BCUT2D eigenvalue weighted by Gasteiger charge is 2.88. The van der Waals surface area contributed by atoms with Gasteiger partial charge in [0.1, 0.15) is 5.60 Å². The van der Waals surface area contributed by atoms with Gasteiger partial charge in [0.2, 0.25) is 5.41 Å². The number of alkyl halides is 9. The summed E-state index contributed by atoms with van der Waals surface area (Å²) in [4.78, 5) is 25.2. The van der Waals surface area contributed by atoms with Crippen molar-refractivity contribution in [2.75, 3.05) is 0 Å². The number of benzene rings is 1. The van der Waals surface area contributed by atoms with Crippen molar-refractivity contribution < 1.29 is 53.8 Å². The normalized spacial score (nSPS) is 20.9. The van der Waals surface area contributed by atoms with E-state index in [4.69, 9.17) is 0 Å². The maximum Gasteiger partial charge on any atom is 0.460 e. The van der Waals surface area contributed by atoms with Crippen LogP contribution in [0.3, 0.4) is 0 Å². The van der Waals surface area contributed by atoms with Gasteiger partial charge in [0.05, 0.1) is 0 Å². The van der Waals surface area contributed by atoms with Crippen LogP contribution in [-0.2, 0) is 16.0 Å². The topological polar surface area (TPSA) is 43.4 Å². The third-order valence-corrected chi connectivity index (χ3v) is 4.53. The van der Waals surface area contributed by atoms with E-state index in [1.807, 2.05) is 0 Å². The highest BCUT2D eigenvalue weighted by atomic mass is 19.4. The minimum Gasteiger partial charge on any atom is -0.459 e. The number of halogens is 9. The smallest absolute Gasteiger partial charge is 0.459 e. The maximum absolute atomic E-state index is 15.0. The zero-order valence-corrected chi connectivity index (χ0v) is 15.6. The number of carbonyl (C=O) groups excluding carboxylic acids is 2. The molecule has 0 saturated heterocycles. The van der Waals surface area contributed by atoms with Crippen molar-refractivity contribution in [3.63, 3.8) is 0 Å². The van der Waals surface area contributed by atoms with Gasteiger partial charge in [-0.05, 0) is 26.3 Å². The quantitative estimate of drug-likeness (QED) is 0.359. The second kappa shape index (κ2) is 6.61. The van der Waals surface area contributed by atoms with Crippen molar-refractivity contribution in [2.45, 2.75) is 56.7 Å². The Hall–Kier alpha value is -2.27. The van der Waals surface area contributed by atoms with Crippen LogP contribution >= 0.6 is 0 Å². The van der Waals surface area contributed by atoms with Crippen molar-refractivity contribution in [1.29, 1.82) is 0 Å². The Morgan fingerprint density at radius 2 is 1.40 bits per heavy atom. The molecule has 0 amide bonds. The molecule has 1 aliphatic rings. The van der Waals surface area contributed by atoms with Gasteiger partial charge in [0.25, 0.3) is 0 Å². The molecule has 0 heterocycles. The standard InChI is InChI=1S/C18H15F9O3/c1-13(2,3)30-12(29)14(8-9-6-4-5-7-10(9)11(14)28)15(19,20)16(21,22)17(23,24)18(25,26)27/h4-7H,8H2,1-3H3/t14-/m0/s1. The maximum atomic E-state index is 15.0. The lowest BCUT2D eigenvalue weighted by molar-refractivity contribution is -0.406. The molecule has 0 N–H and O–H groups in total. The number of hydrogen-bond donors (Lipinski definition) is 0. The first-order valence-electron chi connectivity index (χ1n) is 8.30. The molecule has 0 spiro atoms. The largest absolute Gasteiger partial charge is 0.460 e. The number of hydrogen-bond acceptors (Lipinski definition) is 3. The monoisotopic (exact) mass is 450 g/mol. The molecule has 1 atom stereocenters. The van der Waals surface area contributed by atoms with Gasteiger partial charge in [-0.3, -0.25) is 9.59 Å². The molecule has 168 valence electrons. The second-order valence-electron chi connectivity index (χ2n) is 7.79. The van der Waals surface area contributed by atoms with Gasteiger partial charge in [0.15, 0.2) is 5.78 Å². The van der Waals surface area contributed by atoms with Crippen molar-refractivity contribution in [2.24, 2.45) is 5.41 Å². The van der Waals surface area contributed by atoms with E-state index in [9.17, 15) is 49.1 Å². The van der Waals surface area contributed by atoms with Crippen molar-refractivity contribution in [3.05, 3.63) is 35.4 Å². The van der Waals surface area contributed by atoms with E-state index in [0.29, 0.717) is 0 Å². The van der Waals surface area contributed by atoms with Crippen LogP contribution in [0.2, 0.25) is 0 Å². The summed E-state index contributed by atoms with van der Waals surface area (Å²) >= 11 is 0. The van der Waals surface area contributed by atoms with Crippen LogP contribution in [0.4, 0.5) is 39.5 Å². The number of carbonyl (C=O) groups is 2. The fraction of sp³-hybridized carbons (Fsp3) is 0.556. The summed E-state index contributed by atoms with van der Waals surface area (Å²) in [5.74, 6) is -25.3. The Balaban J connectivity index is 2.79. The third kappa shape index (κ3) is 3.15. The minimum atomic E-state index is -7.26. The molecule has 0 aliphatic heterocycles. The summed E-state index contributed by atoms with van der Waals surface area (Å²) in [5, 5.41) is 0. The molecule has 12 heteroatoms. The van der Waals surface area contributed by atoms with Crippen LogP contribution in [0.5, 0.6) is 0 Å². The SMILES string of the molecule is CC(C)(C)OC(=O)[C@]1(C(F)(F)C(F)(F)C(F)(F)C(F)(F)F)Cc2ccccc2C1=O. The Labute approximate surface area is 164 Å². The molecule has 1 aromatic carbocycles. The summed E-state index contributed by atoms with van der Waals surface area (Å²) in [6, 6.07) is 4.13. The zero-order valence-electron chi connectivity index (χ0n) is 15.6. The van der Waals surface area contributed by atoms with Crippen LogP contribution < -0.4 is 0 Å². The van der Waals surface area contributed by atoms with Crippen molar-refractivity contribution in [3.8, 4) is 0 Å². The van der Waals surface area contributed by atoms with E-state index in [-0.39, 0.29) is 0 Å². The molecule has 0 fully saturated rings. The lowest BCUT2D eigenvalue weighted by Crippen LogP contribution is -2.69. The van der Waals surface area contributed by atoms with Crippen molar-refractivity contribution in [1.82, 2.24) is 0 Å². The molecule has 30 heavy (non-hydrogen) atoms. The average Bonchev–Trinajstić information content (AvgIpc) is 2.86. The van der Waals surface area contributed by atoms with E-state index in [2.05, 4.69) is 4.74 Å². The molecule has 0 radical (unpaired) electrons. The Morgan fingerprint density at radius 1 is 0.900 bits per heavy atom. The summed E-state index contributed by atoms with van der Waals surface area (Å²) in [6.45, 7) is 3.31. The van der Waals surface area contributed by atoms with Crippen molar-refractivity contribution >= 4 is 11.8 Å². The summed E-state index contributed by atoms with van der Waals surface area (Å²) < 4.78 is 127. The van der Waals surface area contributed by atoms with Gasteiger partial charge in [-0.1, -0.05) is 24.3 Å². The van der Waals surface area contributed by atoms with Gasteiger partial charge in [-0.2, -0.15) is 39.5 Å². The van der Waals surface area contributed by atoms with Gasteiger partial charge in [-0.15, -0.1) is 0 Å². The van der Waals surface area contributed by atoms with Crippen LogP contribution in [0.25, 0.3) is 0 Å². The summed E-state index contributed by atoms with van der Waals surface area (Å²) in [7, 11) is 0. The fourth-order valence-electron chi connectivity index (χ4n) is 3.05. The number of fused-ring (bicyclic) bond motifs is 1. The number of ether oxygens (including phenoxy) is 1. The molecule has 0 bridgehead atoms. The van der Waals surface area contributed by atoms with Gasteiger partial charge < -0.3 is 4.74 Å².